The summed E-state index contributed by atoms with van der Waals surface area (Å²) >= 11 is 0. The quantitative estimate of drug-likeness (QED) is 0.881. The minimum Gasteiger partial charge on any atom is -0.481 e. The molecule has 0 spiro atoms. The molecule has 0 aliphatic carbocycles. The predicted molar refractivity (Wildman–Crippen MR) is 78.1 cm³/mol. The second-order valence-electron chi connectivity index (χ2n) is 4.87. The van der Waals surface area contributed by atoms with Gasteiger partial charge in [0.1, 0.15) is 6.04 Å². The number of aromatic nitrogens is 2. The lowest BCUT2D eigenvalue weighted by atomic mass is 10.1. The maximum absolute atomic E-state index is 12.1. The summed E-state index contributed by atoms with van der Waals surface area (Å²) in [5.41, 5.74) is 2.17. The average molecular weight is 287 g/mol. The second kappa shape index (κ2) is 6.21. The maximum Gasteiger partial charge on any atom is 0.307 e. The second-order valence-corrected chi connectivity index (χ2v) is 4.87. The van der Waals surface area contributed by atoms with Crippen molar-refractivity contribution < 1.29 is 14.7 Å². The van der Waals surface area contributed by atoms with Gasteiger partial charge in [0.25, 0.3) is 0 Å². The van der Waals surface area contributed by atoms with E-state index in [-0.39, 0.29) is 12.3 Å². The molecule has 1 aromatic heterocycles. The molecule has 0 radical (unpaired) electrons. The van der Waals surface area contributed by atoms with Gasteiger partial charge in [-0.3, -0.25) is 14.3 Å². The van der Waals surface area contributed by atoms with Gasteiger partial charge >= 0.3 is 5.97 Å². The Bertz CT molecular complexity index is 646. The van der Waals surface area contributed by atoms with Crippen molar-refractivity contribution in [2.75, 3.05) is 5.32 Å². The first kappa shape index (κ1) is 14.8. The zero-order valence-electron chi connectivity index (χ0n) is 11.9. The van der Waals surface area contributed by atoms with Crippen molar-refractivity contribution >= 4 is 17.6 Å². The van der Waals surface area contributed by atoms with E-state index >= 15 is 0 Å². The summed E-state index contributed by atoms with van der Waals surface area (Å²) in [6, 6.07) is 8.18. The van der Waals surface area contributed by atoms with E-state index in [1.807, 2.05) is 13.0 Å². The molecule has 0 saturated heterocycles. The first-order chi connectivity index (χ1) is 9.95. The van der Waals surface area contributed by atoms with Crippen molar-refractivity contribution in [3.63, 3.8) is 0 Å². The number of aliphatic carboxylic acids is 1. The van der Waals surface area contributed by atoms with Crippen LogP contribution in [0.3, 0.4) is 0 Å². The topological polar surface area (TPSA) is 84.2 Å². The number of hydrogen-bond donors (Lipinski definition) is 2. The van der Waals surface area contributed by atoms with Crippen LogP contribution in [0.5, 0.6) is 0 Å². The third-order valence-electron chi connectivity index (χ3n) is 3.09. The summed E-state index contributed by atoms with van der Waals surface area (Å²) < 4.78 is 1.60. The molecule has 6 heteroatoms. The van der Waals surface area contributed by atoms with Crippen molar-refractivity contribution in [2.24, 2.45) is 0 Å². The van der Waals surface area contributed by atoms with Crippen molar-refractivity contribution in [1.29, 1.82) is 0 Å². The van der Waals surface area contributed by atoms with Crippen LogP contribution < -0.4 is 5.32 Å². The average Bonchev–Trinajstić information content (AvgIpc) is 2.86. The maximum atomic E-state index is 12.1. The molecule has 0 aliphatic heterocycles. The number of hydrogen-bond acceptors (Lipinski definition) is 3. The lowest BCUT2D eigenvalue weighted by Gasteiger charge is -2.13. The van der Waals surface area contributed by atoms with Crippen LogP contribution in [0.4, 0.5) is 5.69 Å². The normalized spacial score (nSPS) is 11.9. The van der Waals surface area contributed by atoms with Crippen molar-refractivity contribution in [1.82, 2.24) is 9.78 Å². The van der Waals surface area contributed by atoms with Gasteiger partial charge in [0.2, 0.25) is 5.91 Å². The van der Waals surface area contributed by atoms with E-state index in [0.29, 0.717) is 11.3 Å². The Hall–Kier alpha value is -2.63. The van der Waals surface area contributed by atoms with Crippen molar-refractivity contribution in [2.45, 2.75) is 26.3 Å². The number of aryl methyl sites for hydroxylation is 1. The van der Waals surface area contributed by atoms with Crippen LogP contribution in [0.1, 0.15) is 24.2 Å². The summed E-state index contributed by atoms with van der Waals surface area (Å²) in [7, 11) is 0. The van der Waals surface area contributed by atoms with E-state index in [2.05, 4.69) is 10.4 Å². The Kier molecular flexibility index (Phi) is 4.37. The number of benzene rings is 1. The molecule has 0 saturated carbocycles. The summed E-state index contributed by atoms with van der Waals surface area (Å²) in [4.78, 5) is 22.7. The van der Waals surface area contributed by atoms with Crippen LogP contribution in [0.25, 0.3) is 0 Å². The monoisotopic (exact) mass is 287 g/mol. The van der Waals surface area contributed by atoms with Crippen LogP contribution in [-0.4, -0.2) is 26.8 Å². The highest BCUT2D eigenvalue weighted by atomic mass is 16.4. The van der Waals surface area contributed by atoms with Crippen LogP contribution >= 0.6 is 0 Å². The SMILES string of the molecule is Cc1ccn(C(C)C(=O)Nc2ccc(CC(=O)O)cc2)n1. The number of rotatable bonds is 5. The molecule has 1 atom stereocenters. The Morgan fingerprint density at radius 1 is 1.29 bits per heavy atom. The van der Waals surface area contributed by atoms with Gasteiger partial charge in [0, 0.05) is 11.9 Å². The van der Waals surface area contributed by atoms with Crippen molar-refractivity contribution in [3.8, 4) is 0 Å². The number of carbonyl (C=O) groups is 2. The first-order valence-electron chi connectivity index (χ1n) is 6.59. The zero-order valence-corrected chi connectivity index (χ0v) is 11.9. The highest BCUT2D eigenvalue weighted by Crippen LogP contribution is 2.13. The minimum absolute atomic E-state index is 0.0306. The third kappa shape index (κ3) is 3.92. The number of carboxylic acid groups (broad SMARTS) is 1. The Morgan fingerprint density at radius 2 is 1.95 bits per heavy atom. The fraction of sp³-hybridized carbons (Fsp3) is 0.267. The summed E-state index contributed by atoms with van der Waals surface area (Å²) in [5.74, 6) is -1.06. The van der Waals surface area contributed by atoms with Gasteiger partial charge in [-0.2, -0.15) is 5.10 Å². The molecule has 21 heavy (non-hydrogen) atoms. The molecule has 2 aromatic rings. The summed E-state index contributed by atoms with van der Waals surface area (Å²) in [5, 5.41) is 15.7. The Labute approximate surface area is 122 Å². The lowest BCUT2D eigenvalue weighted by Crippen LogP contribution is -2.24. The van der Waals surface area contributed by atoms with Gasteiger partial charge in [-0.25, -0.2) is 0 Å². The largest absolute Gasteiger partial charge is 0.481 e. The fourth-order valence-electron chi connectivity index (χ4n) is 1.90. The molecule has 1 aromatic carbocycles. The number of amides is 1. The van der Waals surface area contributed by atoms with Gasteiger partial charge < -0.3 is 10.4 Å². The van der Waals surface area contributed by atoms with Crippen LogP contribution in [0, 0.1) is 6.92 Å². The number of carboxylic acids is 1. The zero-order chi connectivity index (χ0) is 15.4. The van der Waals surface area contributed by atoms with Gasteiger partial charge in [0.15, 0.2) is 0 Å². The molecule has 1 amide bonds. The van der Waals surface area contributed by atoms with Gasteiger partial charge in [-0.15, -0.1) is 0 Å². The summed E-state index contributed by atoms with van der Waals surface area (Å²) in [6.07, 6.45) is 1.73. The standard InChI is InChI=1S/C15H17N3O3/c1-10-7-8-18(17-10)11(2)15(21)16-13-5-3-12(4-6-13)9-14(19)20/h3-8,11H,9H2,1-2H3,(H,16,21)(H,19,20). The Morgan fingerprint density at radius 3 is 2.48 bits per heavy atom. The van der Waals surface area contributed by atoms with E-state index in [0.717, 1.165) is 5.69 Å². The van der Waals surface area contributed by atoms with E-state index in [1.54, 1.807) is 42.1 Å². The fourth-order valence-corrected chi connectivity index (χ4v) is 1.90. The molecule has 0 fully saturated rings. The highest BCUT2D eigenvalue weighted by molar-refractivity contribution is 5.93. The molecule has 0 aliphatic rings. The number of anilines is 1. The molecule has 2 rings (SSSR count). The van der Waals surface area contributed by atoms with Gasteiger partial charge in [0.05, 0.1) is 12.1 Å². The smallest absolute Gasteiger partial charge is 0.307 e. The first-order valence-corrected chi connectivity index (χ1v) is 6.59. The van der Waals surface area contributed by atoms with Gasteiger partial charge in [-0.05, 0) is 37.6 Å². The summed E-state index contributed by atoms with van der Waals surface area (Å²) in [6.45, 7) is 3.63. The van der Waals surface area contributed by atoms with Crippen LogP contribution in [0.2, 0.25) is 0 Å². The number of nitrogens with zero attached hydrogens (tertiary/aromatic N) is 2. The molecule has 1 unspecified atom stereocenters. The minimum atomic E-state index is -0.880. The molecule has 6 nitrogen and oxygen atoms in total. The molecule has 2 N–H and O–H groups in total. The molecular formula is C15H17N3O3. The van der Waals surface area contributed by atoms with Gasteiger partial charge in [-0.1, -0.05) is 12.1 Å². The molecule has 110 valence electrons. The van der Waals surface area contributed by atoms with Crippen molar-refractivity contribution in [3.05, 3.63) is 47.8 Å². The highest BCUT2D eigenvalue weighted by Gasteiger charge is 2.15. The molecule has 1 heterocycles. The predicted octanol–water partition coefficient (Wildman–Crippen LogP) is 2.02. The van der Waals surface area contributed by atoms with E-state index in [1.165, 1.54) is 0 Å². The Balaban J connectivity index is 2.00. The third-order valence-corrected chi connectivity index (χ3v) is 3.09. The van der Waals surface area contributed by atoms with E-state index in [4.69, 9.17) is 5.11 Å². The number of carbonyl (C=O) groups excluding carboxylic acids is 1. The van der Waals surface area contributed by atoms with Crippen LogP contribution in [0.15, 0.2) is 36.5 Å². The van der Waals surface area contributed by atoms with E-state index in [9.17, 15) is 9.59 Å². The molecular weight excluding hydrogens is 270 g/mol. The van der Waals surface area contributed by atoms with E-state index < -0.39 is 12.0 Å². The number of nitrogens with one attached hydrogen (secondary N) is 1. The molecule has 0 bridgehead atoms. The lowest BCUT2D eigenvalue weighted by molar-refractivity contribution is -0.136. The van der Waals surface area contributed by atoms with Crippen LogP contribution in [-0.2, 0) is 16.0 Å².